The highest BCUT2D eigenvalue weighted by molar-refractivity contribution is 7.90. The Morgan fingerprint density at radius 3 is 2.70 bits per heavy atom. The lowest BCUT2D eigenvalue weighted by molar-refractivity contribution is 0.0570. The van der Waals surface area contributed by atoms with E-state index in [0.717, 1.165) is 45.4 Å². The average molecular weight is 560 g/mol. The van der Waals surface area contributed by atoms with Gasteiger partial charge in [-0.05, 0) is 57.5 Å². The Balaban J connectivity index is 1.51. The Morgan fingerprint density at radius 1 is 1.15 bits per heavy atom. The highest BCUT2D eigenvalue weighted by Gasteiger charge is 2.45. The number of aromatic nitrogens is 3. The first kappa shape index (κ1) is 26.5. The van der Waals surface area contributed by atoms with Crippen LogP contribution in [0.15, 0.2) is 53.6 Å². The summed E-state index contributed by atoms with van der Waals surface area (Å²) in [6.45, 7) is 10.3. The first-order chi connectivity index (χ1) is 19.0. The van der Waals surface area contributed by atoms with Crippen LogP contribution in [0.2, 0.25) is 0 Å². The van der Waals surface area contributed by atoms with Gasteiger partial charge in [0.1, 0.15) is 5.82 Å². The molecule has 4 aromatic rings. The van der Waals surface area contributed by atoms with E-state index in [0.29, 0.717) is 37.7 Å². The molecule has 2 aromatic carbocycles. The standard InChI is InChI=1S/C30H33N5O4S/c1-18-9-10-23(22-11-12-31-25(18)22)27-32-26-24(28(33-27)34-13-14-39-17-19(34)2)16-35(30(26,3)4)29(36)20-7-6-8-21(15-20)40(5,37)38/h6-12,15,19,31H,13-14,16-17H2,1-5H3/t19-/m1/s1. The molecule has 1 saturated heterocycles. The van der Waals surface area contributed by atoms with Crippen LogP contribution in [0.3, 0.4) is 0 Å². The van der Waals surface area contributed by atoms with Crippen molar-refractivity contribution in [1.82, 2.24) is 19.9 Å². The Morgan fingerprint density at radius 2 is 1.95 bits per heavy atom. The van der Waals surface area contributed by atoms with Gasteiger partial charge in [0.2, 0.25) is 0 Å². The number of sulfone groups is 1. The molecule has 0 unspecified atom stereocenters. The van der Waals surface area contributed by atoms with Gasteiger partial charge in [0.25, 0.3) is 5.91 Å². The number of fused-ring (bicyclic) bond motifs is 2. The van der Waals surface area contributed by atoms with Crippen LogP contribution in [0.5, 0.6) is 0 Å². The summed E-state index contributed by atoms with van der Waals surface area (Å²) in [4.78, 5) is 31.7. The lowest BCUT2D eigenvalue weighted by Gasteiger charge is -2.35. The summed E-state index contributed by atoms with van der Waals surface area (Å²) < 4.78 is 30.1. The molecule has 208 valence electrons. The van der Waals surface area contributed by atoms with E-state index in [1.165, 1.54) is 12.1 Å². The summed E-state index contributed by atoms with van der Waals surface area (Å²) in [5.41, 5.74) is 4.37. The lowest BCUT2D eigenvalue weighted by Crippen LogP contribution is -2.44. The topological polar surface area (TPSA) is 108 Å². The van der Waals surface area contributed by atoms with Crippen molar-refractivity contribution >= 4 is 32.5 Å². The molecule has 40 heavy (non-hydrogen) atoms. The number of amides is 1. The van der Waals surface area contributed by atoms with Gasteiger partial charge in [0, 0.05) is 46.6 Å². The summed E-state index contributed by atoms with van der Waals surface area (Å²) in [5, 5.41) is 1.04. The second-order valence-electron chi connectivity index (χ2n) is 11.3. The van der Waals surface area contributed by atoms with E-state index >= 15 is 0 Å². The Labute approximate surface area is 234 Å². The smallest absolute Gasteiger partial charge is 0.254 e. The lowest BCUT2D eigenvalue weighted by atomic mass is 9.98. The number of aryl methyl sites for hydroxylation is 1. The summed E-state index contributed by atoms with van der Waals surface area (Å²) in [6.07, 6.45) is 3.07. The van der Waals surface area contributed by atoms with Crippen molar-refractivity contribution in [3.8, 4) is 11.4 Å². The highest BCUT2D eigenvalue weighted by atomic mass is 32.2. The molecule has 10 heteroatoms. The SMILES string of the molecule is Cc1ccc(-c2nc(N3CCOC[C@H]3C)c3c(n2)C(C)(C)N(C(=O)c2cccc(S(C)(=O)=O)c2)C3)c2cc[nH]c12. The molecule has 2 aliphatic rings. The van der Waals surface area contributed by atoms with Crippen molar-refractivity contribution < 1.29 is 17.9 Å². The first-order valence-electron chi connectivity index (χ1n) is 13.4. The maximum atomic E-state index is 13.9. The minimum Gasteiger partial charge on any atom is -0.377 e. The van der Waals surface area contributed by atoms with E-state index in [4.69, 9.17) is 14.7 Å². The van der Waals surface area contributed by atoms with Crippen molar-refractivity contribution in [2.45, 2.75) is 50.7 Å². The molecular formula is C30H33N5O4S. The monoisotopic (exact) mass is 559 g/mol. The zero-order valence-electron chi connectivity index (χ0n) is 23.4. The van der Waals surface area contributed by atoms with Crippen LogP contribution in [0.25, 0.3) is 22.3 Å². The summed E-state index contributed by atoms with van der Waals surface area (Å²) >= 11 is 0. The number of carbonyl (C=O) groups is 1. The van der Waals surface area contributed by atoms with Gasteiger partial charge in [-0.1, -0.05) is 18.2 Å². The summed E-state index contributed by atoms with van der Waals surface area (Å²) in [6, 6.07) is 12.5. The quantitative estimate of drug-likeness (QED) is 0.393. The first-order valence-corrected chi connectivity index (χ1v) is 15.3. The molecule has 6 rings (SSSR count). The fourth-order valence-electron chi connectivity index (χ4n) is 5.84. The number of rotatable bonds is 4. The van der Waals surface area contributed by atoms with Gasteiger partial charge in [-0.3, -0.25) is 4.79 Å². The predicted molar refractivity (Wildman–Crippen MR) is 154 cm³/mol. The molecule has 9 nitrogen and oxygen atoms in total. The number of nitrogens with one attached hydrogen (secondary N) is 1. The molecule has 0 radical (unpaired) electrons. The van der Waals surface area contributed by atoms with Gasteiger partial charge in [-0.25, -0.2) is 18.4 Å². The molecule has 2 aromatic heterocycles. The average Bonchev–Trinajstić information content (AvgIpc) is 3.52. The number of ether oxygens (including phenoxy) is 1. The van der Waals surface area contributed by atoms with Crippen LogP contribution in [-0.4, -0.2) is 66.2 Å². The third-order valence-corrected chi connectivity index (χ3v) is 9.23. The molecular weight excluding hydrogens is 526 g/mol. The molecule has 2 aliphatic heterocycles. The predicted octanol–water partition coefficient (Wildman–Crippen LogP) is 4.45. The number of hydrogen-bond donors (Lipinski definition) is 1. The summed E-state index contributed by atoms with van der Waals surface area (Å²) in [7, 11) is -3.46. The zero-order chi connectivity index (χ0) is 28.4. The van der Waals surface area contributed by atoms with Gasteiger partial charge in [0.15, 0.2) is 15.7 Å². The molecule has 1 N–H and O–H groups in total. The van der Waals surface area contributed by atoms with E-state index in [2.05, 4.69) is 35.9 Å². The van der Waals surface area contributed by atoms with Crippen LogP contribution < -0.4 is 4.90 Å². The molecule has 0 bridgehead atoms. The van der Waals surface area contributed by atoms with Gasteiger partial charge >= 0.3 is 0 Å². The number of morpholine rings is 1. The van der Waals surface area contributed by atoms with Crippen molar-refractivity contribution in [3.63, 3.8) is 0 Å². The number of H-pyrrole nitrogens is 1. The third-order valence-electron chi connectivity index (χ3n) is 8.12. The van der Waals surface area contributed by atoms with Crippen molar-refractivity contribution in [1.29, 1.82) is 0 Å². The van der Waals surface area contributed by atoms with Crippen LogP contribution in [0.1, 0.15) is 48.0 Å². The molecule has 0 aliphatic carbocycles. The number of hydrogen-bond acceptors (Lipinski definition) is 7. The maximum absolute atomic E-state index is 13.9. The Bertz CT molecular complexity index is 1760. The van der Waals surface area contributed by atoms with E-state index < -0.39 is 15.4 Å². The van der Waals surface area contributed by atoms with E-state index in [1.807, 2.05) is 26.1 Å². The zero-order valence-corrected chi connectivity index (χ0v) is 24.2. The number of carbonyl (C=O) groups excluding carboxylic acids is 1. The Kier molecular flexibility index (Phi) is 6.23. The normalized spacial score (nSPS) is 18.8. The third kappa shape index (κ3) is 4.26. The largest absolute Gasteiger partial charge is 0.377 e. The maximum Gasteiger partial charge on any atom is 0.254 e. The van der Waals surface area contributed by atoms with Gasteiger partial charge < -0.3 is 19.5 Å². The molecule has 4 heterocycles. The second kappa shape index (κ2) is 9.42. The molecule has 1 atom stereocenters. The minimum atomic E-state index is -3.46. The molecule has 1 fully saturated rings. The van der Waals surface area contributed by atoms with Gasteiger partial charge in [-0.15, -0.1) is 0 Å². The van der Waals surface area contributed by atoms with Crippen LogP contribution >= 0.6 is 0 Å². The van der Waals surface area contributed by atoms with Crippen molar-refractivity contribution in [3.05, 3.63) is 71.0 Å². The number of aromatic amines is 1. The van der Waals surface area contributed by atoms with Gasteiger partial charge in [0.05, 0.1) is 41.9 Å². The molecule has 1 amide bonds. The molecule has 0 spiro atoms. The van der Waals surface area contributed by atoms with E-state index in [-0.39, 0.29) is 16.8 Å². The highest BCUT2D eigenvalue weighted by Crippen LogP contribution is 2.44. The van der Waals surface area contributed by atoms with Crippen molar-refractivity contribution in [2.24, 2.45) is 0 Å². The Hall–Kier alpha value is -3.76. The number of benzene rings is 2. The van der Waals surface area contributed by atoms with Gasteiger partial charge in [-0.2, -0.15) is 0 Å². The number of nitrogens with zero attached hydrogens (tertiary/aromatic N) is 4. The van der Waals surface area contributed by atoms with E-state index in [1.54, 1.807) is 17.0 Å². The second-order valence-corrected chi connectivity index (χ2v) is 13.3. The molecule has 0 saturated carbocycles. The van der Waals surface area contributed by atoms with Crippen molar-refractivity contribution in [2.75, 3.05) is 30.9 Å². The van der Waals surface area contributed by atoms with Crippen LogP contribution in [-0.2, 0) is 26.7 Å². The van der Waals surface area contributed by atoms with E-state index in [9.17, 15) is 13.2 Å². The van der Waals surface area contributed by atoms with Crippen LogP contribution in [0.4, 0.5) is 5.82 Å². The summed E-state index contributed by atoms with van der Waals surface area (Å²) in [5.74, 6) is 1.17. The minimum absolute atomic E-state index is 0.102. The van der Waals surface area contributed by atoms with Crippen LogP contribution in [0, 0.1) is 6.92 Å². The fourth-order valence-corrected chi connectivity index (χ4v) is 6.51. The fraction of sp³-hybridized carbons (Fsp3) is 0.367. The number of anilines is 1.